The summed E-state index contributed by atoms with van der Waals surface area (Å²) in [6.07, 6.45) is 0.428. The van der Waals surface area contributed by atoms with Crippen LogP contribution in [0.5, 0.6) is 0 Å². The first kappa shape index (κ1) is 16.9. The van der Waals surface area contributed by atoms with Crippen molar-refractivity contribution in [2.45, 2.75) is 52.7 Å². The highest BCUT2D eigenvalue weighted by Gasteiger charge is 2.38. The highest BCUT2D eigenvalue weighted by atomic mass is 16.5. The predicted molar refractivity (Wildman–Crippen MR) is 69.5 cm³/mol. The standard InChI is InChI=1S/C13H25NO4/c1-7-13(4,8-2)11(15)10(9(3)17-5)14-12(16)18-6/h9-10H,7-8H2,1-6H3,(H,14,16)/t9-,10-/m1/s1. The Morgan fingerprint density at radius 1 is 1.22 bits per heavy atom. The van der Waals surface area contributed by atoms with Crippen molar-refractivity contribution in [3.8, 4) is 0 Å². The second-order valence-electron chi connectivity index (χ2n) is 4.69. The lowest BCUT2D eigenvalue weighted by molar-refractivity contribution is -0.133. The van der Waals surface area contributed by atoms with Crippen molar-refractivity contribution in [3.63, 3.8) is 0 Å². The Kier molecular flexibility index (Phi) is 6.91. The van der Waals surface area contributed by atoms with Crippen LogP contribution in [-0.4, -0.2) is 38.2 Å². The summed E-state index contributed by atoms with van der Waals surface area (Å²) in [5.41, 5.74) is -0.460. The number of carbonyl (C=O) groups is 2. The fourth-order valence-corrected chi connectivity index (χ4v) is 1.69. The van der Waals surface area contributed by atoms with Crippen LogP contribution in [0.25, 0.3) is 0 Å². The van der Waals surface area contributed by atoms with E-state index in [1.807, 2.05) is 20.8 Å². The number of rotatable bonds is 7. The molecule has 5 heteroatoms. The summed E-state index contributed by atoms with van der Waals surface area (Å²) in [4.78, 5) is 23.8. The molecule has 1 N–H and O–H groups in total. The van der Waals surface area contributed by atoms with Gasteiger partial charge in [0.15, 0.2) is 5.78 Å². The molecule has 0 aliphatic carbocycles. The predicted octanol–water partition coefficient (Wildman–Crippen LogP) is 2.14. The molecule has 0 aromatic carbocycles. The maximum Gasteiger partial charge on any atom is 0.407 e. The molecule has 0 radical (unpaired) electrons. The fraction of sp³-hybridized carbons (Fsp3) is 0.846. The number of nitrogens with one attached hydrogen (secondary N) is 1. The topological polar surface area (TPSA) is 64.6 Å². The first-order valence-electron chi connectivity index (χ1n) is 6.27. The average Bonchev–Trinajstić information content (AvgIpc) is 2.41. The Hall–Kier alpha value is -1.10. The van der Waals surface area contributed by atoms with E-state index in [1.54, 1.807) is 6.92 Å². The van der Waals surface area contributed by atoms with Crippen molar-refractivity contribution in [3.05, 3.63) is 0 Å². The lowest BCUT2D eigenvalue weighted by atomic mass is 9.76. The number of methoxy groups -OCH3 is 2. The van der Waals surface area contributed by atoms with Crippen molar-refractivity contribution in [1.82, 2.24) is 5.32 Å². The number of carbonyl (C=O) groups excluding carboxylic acids is 2. The minimum absolute atomic E-state index is 0.0211. The first-order valence-corrected chi connectivity index (χ1v) is 6.27. The van der Waals surface area contributed by atoms with Crippen molar-refractivity contribution >= 4 is 11.9 Å². The zero-order chi connectivity index (χ0) is 14.3. The van der Waals surface area contributed by atoms with Crippen LogP contribution in [0.15, 0.2) is 0 Å². The van der Waals surface area contributed by atoms with Gasteiger partial charge in [-0.25, -0.2) is 4.79 Å². The molecule has 0 aliphatic heterocycles. The maximum absolute atomic E-state index is 12.5. The molecule has 0 aromatic rings. The van der Waals surface area contributed by atoms with E-state index in [-0.39, 0.29) is 5.78 Å². The third-order valence-electron chi connectivity index (χ3n) is 3.74. The third kappa shape index (κ3) is 3.98. The molecule has 0 aromatic heterocycles. The molecule has 0 unspecified atom stereocenters. The van der Waals surface area contributed by atoms with Gasteiger partial charge in [-0.3, -0.25) is 4.79 Å². The molecule has 0 saturated carbocycles. The summed E-state index contributed by atoms with van der Waals surface area (Å²) in [5.74, 6) is -0.0211. The molecule has 106 valence electrons. The molecule has 0 heterocycles. The van der Waals surface area contributed by atoms with Crippen molar-refractivity contribution in [2.24, 2.45) is 5.41 Å². The van der Waals surface area contributed by atoms with E-state index in [0.29, 0.717) is 0 Å². The third-order valence-corrected chi connectivity index (χ3v) is 3.74. The lowest BCUT2D eigenvalue weighted by Crippen LogP contribution is -2.53. The van der Waals surface area contributed by atoms with Crippen LogP contribution in [-0.2, 0) is 14.3 Å². The summed E-state index contributed by atoms with van der Waals surface area (Å²) < 4.78 is 9.72. The first-order chi connectivity index (χ1) is 8.36. The molecule has 1 amide bonds. The van der Waals surface area contributed by atoms with E-state index in [4.69, 9.17) is 4.74 Å². The quantitative estimate of drug-likeness (QED) is 0.760. The maximum atomic E-state index is 12.5. The van der Waals surface area contributed by atoms with Gasteiger partial charge in [-0.15, -0.1) is 0 Å². The largest absolute Gasteiger partial charge is 0.453 e. The zero-order valence-electron chi connectivity index (χ0n) is 12.2. The molecule has 5 nitrogen and oxygen atoms in total. The number of hydrogen-bond acceptors (Lipinski definition) is 4. The van der Waals surface area contributed by atoms with Crippen LogP contribution in [0.4, 0.5) is 4.79 Å². The van der Waals surface area contributed by atoms with Gasteiger partial charge < -0.3 is 14.8 Å². The van der Waals surface area contributed by atoms with E-state index in [2.05, 4.69) is 10.1 Å². The minimum Gasteiger partial charge on any atom is -0.453 e. The highest BCUT2D eigenvalue weighted by Crippen LogP contribution is 2.29. The Morgan fingerprint density at radius 2 is 1.72 bits per heavy atom. The number of ketones is 1. The monoisotopic (exact) mass is 259 g/mol. The summed E-state index contributed by atoms with van der Waals surface area (Å²) in [6.45, 7) is 7.59. The van der Waals surface area contributed by atoms with Gasteiger partial charge in [0.2, 0.25) is 0 Å². The molecule has 0 rings (SSSR count). The van der Waals surface area contributed by atoms with Gasteiger partial charge in [0.1, 0.15) is 6.04 Å². The van der Waals surface area contributed by atoms with Crippen LogP contribution in [0.3, 0.4) is 0 Å². The minimum atomic E-state index is -0.688. The fourth-order valence-electron chi connectivity index (χ4n) is 1.69. The SMILES string of the molecule is CCC(C)(CC)C(=O)[C@H](NC(=O)OC)[C@@H](C)OC. The van der Waals surface area contributed by atoms with E-state index in [9.17, 15) is 9.59 Å². The molecule has 2 atom stereocenters. The number of hydrogen-bond donors (Lipinski definition) is 1. The van der Waals surface area contributed by atoms with Gasteiger partial charge in [-0.2, -0.15) is 0 Å². The van der Waals surface area contributed by atoms with Gasteiger partial charge >= 0.3 is 6.09 Å². The Balaban J connectivity index is 5.07. The van der Waals surface area contributed by atoms with E-state index >= 15 is 0 Å². The summed E-state index contributed by atoms with van der Waals surface area (Å²) in [7, 11) is 2.78. The average molecular weight is 259 g/mol. The Morgan fingerprint density at radius 3 is 2.06 bits per heavy atom. The van der Waals surface area contributed by atoms with E-state index in [1.165, 1.54) is 14.2 Å². The molecule has 0 saturated heterocycles. The summed E-state index contributed by atoms with van der Waals surface area (Å²) in [5, 5.41) is 2.56. The summed E-state index contributed by atoms with van der Waals surface area (Å²) in [6, 6.07) is -0.688. The Labute approximate surface area is 109 Å². The van der Waals surface area contributed by atoms with Crippen LogP contribution in [0, 0.1) is 5.41 Å². The van der Waals surface area contributed by atoms with E-state index in [0.717, 1.165) is 12.8 Å². The summed E-state index contributed by atoms with van der Waals surface area (Å²) >= 11 is 0. The number of Topliss-reactive ketones (excluding diaryl/α,β-unsaturated/α-hetero) is 1. The number of alkyl carbamates (subject to hydrolysis) is 1. The molecule has 18 heavy (non-hydrogen) atoms. The van der Waals surface area contributed by atoms with Crippen molar-refractivity contribution in [2.75, 3.05) is 14.2 Å². The normalized spacial score (nSPS) is 14.8. The number of amides is 1. The highest BCUT2D eigenvalue weighted by molar-refractivity contribution is 5.92. The second-order valence-corrected chi connectivity index (χ2v) is 4.69. The second kappa shape index (κ2) is 7.36. The molecular weight excluding hydrogens is 234 g/mol. The van der Waals surface area contributed by atoms with E-state index < -0.39 is 23.7 Å². The van der Waals surface area contributed by atoms with Gasteiger partial charge in [0, 0.05) is 12.5 Å². The molecule has 0 spiro atoms. The zero-order valence-corrected chi connectivity index (χ0v) is 12.2. The molecule has 0 aliphatic rings. The van der Waals surface area contributed by atoms with Gasteiger partial charge in [0.05, 0.1) is 13.2 Å². The van der Waals surface area contributed by atoms with Crippen molar-refractivity contribution < 1.29 is 19.1 Å². The van der Waals surface area contributed by atoms with Crippen LogP contribution < -0.4 is 5.32 Å². The smallest absolute Gasteiger partial charge is 0.407 e. The van der Waals surface area contributed by atoms with Crippen molar-refractivity contribution in [1.29, 1.82) is 0 Å². The lowest BCUT2D eigenvalue weighted by Gasteiger charge is -2.32. The van der Waals surface area contributed by atoms with Crippen LogP contribution >= 0.6 is 0 Å². The molecular formula is C13H25NO4. The molecule has 0 bridgehead atoms. The van der Waals surface area contributed by atoms with Gasteiger partial charge in [0.25, 0.3) is 0 Å². The molecule has 0 fully saturated rings. The number of ether oxygens (including phenoxy) is 2. The van der Waals surface area contributed by atoms with Gasteiger partial charge in [-0.05, 0) is 19.8 Å². The van der Waals surface area contributed by atoms with Crippen LogP contribution in [0.1, 0.15) is 40.5 Å². The van der Waals surface area contributed by atoms with Gasteiger partial charge in [-0.1, -0.05) is 20.8 Å². The Bertz CT molecular complexity index is 287. The van der Waals surface area contributed by atoms with Crippen LogP contribution in [0.2, 0.25) is 0 Å².